The summed E-state index contributed by atoms with van der Waals surface area (Å²) >= 11 is 1.58. The van der Waals surface area contributed by atoms with E-state index in [0.717, 1.165) is 17.7 Å². The summed E-state index contributed by atoms with van der Waals surface area (Å²) in [6.45, 7) is 0. The second-order valence-corrected chi connectivity index (χ2v) is 8.87. The molecule has 2 unspecified atom stereocenters. The van der Waals surface area contributed by atoms with Gasteiger partial charge >= 0.3 is 0 Å². The zero-order valence-corrected chi connectivity index (χ0v) is 14.1. The third kappa shape index (κ3) is 3.42. The van der Waals surface area contributed by atoms with Crippen LogP contribution in [0.1, 0.15) is 30.6 Å². The van der Waals surface area contributed by atoms with Crippen molar-refractivity contribution >= 4 is 33.3 Å². The lowest BCUT2D eigenvalue weighted by atomic mass is 10.00. The van der Waals surface area contributed by atoms with Crippen LogP contribution in [0.15, 0.2) is 23.6 Å². The number of hydrogen-bond donors (Lipinski definition) is 1. The van der Waals surface area contributed by atoms with Gasteiger partial charge in [0.25, 0.3) is 0 Å². The number of rotatable bonds is 4. The van der Waals surface area contributed by atoms with Crippen LogP contribution < -0.4 is 5.32 Å². The Morgan fingerprint density at radius 2 is 2.05 bits per heavy atom. The van der Waals surface area contributed by atoms with E-state index in [1.165, 1.54) is 6.26 Å². The van der Waals surface area contributed by atoms with Crippen LogP contribution in [0.3, 0.4) is 0 Å². The molecule has 0 aliphatic carbocycles. The summed E-state index contributed by atoms with van der Waals surface area (Å²) in [4.78, 5) is 13.0. The molecule has 0 aromatic carbocycles. The largest absolute Gasteiger partial charge is 0.350 e. The molecule has 3 rings (SSSR count). The van der Waals surface area contributed by atoms with Crippen molar-refractivity contribution < 1.29 is 13.2 Å². The van der Waals surface area contributed by atoms with Crippen molar-refractivity contribution in [2.75, 3.05) is 6.26 Å². The fourth-order valence-corrected chi connectivity index (χ4v) is 5.67. The number of hydrogen-bond acceptors (Lipinski definition) is 4. The lowest BCUT2D eigenvalue weighted by Crippen LogP contribution is -2.51. The number of carbonyl (C=O) groups is 1. The lowest BCUT2D eigenvalue weighted by molar-refractivity contribution is -0.117. The second-order valence-electron chi connectivity index (χ2n) is 6.00. The highest BCUT2D eigenvalue weighted by molar-refractivity contribution is 7.88. The average molecular weight is 340 g/mol. The van der Waals surface area contributed by atoms with Crippen LogP contribution in [0.25, 0.3) is 6.08 Å². The third-order valence-electron chi connectivity index (χ3n) is 4.34. The first-order valence-electron chi connectivity index (χ1n) is 7.44. The van der Waals surface area contributed by atoms with Gasteiger partial charge in [0.2, 0.25) is 15.9 Å². The molecule has 2 saturated heterocycles. The third-order valence-corrected chi connectivity index (χ3v) is 6.54. The van der Waals surface area contributed by atoms with Gasteiger partial charge in [-0.05, 0) is 43.2 Å². The molecular formula is C15H20N2O3S2. The van der Waals surface area contributed by atoms with E-state index in [1.54, 1.807) is 27.8 Å². The lowest BCUT2D eigenvalue weighted by Gasteiger charge is -2.37. The van der Waals surface area contributed by atoms with Crippen LogP contribution >= 0.6 is 11.3 Å². The van der Waals surface area contributed by atoms with Crippen molar-refractivity contribution in [1.29, 1.82) is 0 Å². The highest BCUT2D eigenvalue weighted by Crippen LogP contribution is 2.37. The molecule has 2 fully saturated rings. The summed E-state index contributed by atoms with van der Waals surface area (Å²) in [5.41, 5.74) is 0. The Hall–Kier alpha value is -1.18. The van der Waals surface area contributed by atoms with E-state index in [2.05, 4.69) is 5.32 Å². The van der Waals surface area contributed by atoms with Crippen LogP contribution in [-0.2, 0) is 14.8 Å². The molecule has 1 aromatic heterocycles. The monoisotopic (exact) mass is 340 g/mol. The number of sulfonamides is 1. The fraction of sp³-hybridized carbons (Fsp3) is 0.533. The SMILES string of the molecule is CS(=O)(=O)N1C2CCC1CC(NC(=O)/C=C/c1cccs1)C2. The van der Waals surface area contributed by atoms with E-state index in [4.69, 9.17) is 0 Å². The molecule has 1 aromatic rings. The van der Waals surface area contributed by atoms with Crippen LogP contribution in [0.2, 0.25) is 0 Å². The molecule has 22 heavy (non-hydrogen) atoms. The van der Waals surface area contributed by atoms with Crippen LogP contribution in [0, 0.1) is 0 Å². The fourth-order valence-electron chi connectivity index (χ4n) is 3.59. The first-order valence-corrected chi connectivity index (χ1v) is 10.2. The van der Waals surface area contributed by atoms with Gasteiger partial charge < -0.3 is 5.32 Å². The quantitative estimate of drug-likeness (QED) is 0.851. The van der Waals surface area contributed by atoms with E-state index in [-0.39, 0.29) is 24.0 Å². The Labute approximate surface area is 135 Å². The molecule has 120 valence electrons. The molecule has 1 amide bonds. The highest BCUT2D eigenvalue weighted by Gasteiger charge is 2.45. The van der Waals surface area contributed by atoms with Crippen molar-refractivity contribution in [1.82, 2.24) is 9.62 Å². The summed E-state index contributed by atoms with van der Waals surface area (Å²) in [5.74, 6) is -0.106. The number of thiophene rings is 1. The van der Waals surface area contributed by atoms with Crippen molar-refractivity contribution in [2.24, 2.45) is 0 Å². The molecule has 2 aliphatic rings. The minimum absolute atomic E-state index is 0.0420. The normalized spacial score (nSPS) is 29.0. The van der Waals surface area contributed by atoms with Gasteiger partial charge in [0.15, 0.2) is 0 Å². The summed E-state index contributed by atoms with van der Waals surface area (Å²) < 4.78 is 25.3. The average Bonchev–Trinajstić information content (AvgIpc) is 3.03. The van der Waals surface area contributed by atoms with Gasteiger partial charge in [-0.3, -0.25) is 4.79 Å². The molecule has 2 bridgehead atoms. The number of nitrogens with one attached hydrogen (secondary N) is 1. The summed E-state index contributed by atoms with van der Waals surface area (Å²) in [6, 6.07) is 4.05. The number of fused-ring (bicyclic) bond motifs is 2. The second kappa shape index (κ2) is 6.14. The van der Waals surface area contributed by atoms with E-state index < -0.39 is 10.0 Å². The van der Waals surface area contributed by atoms with E-state index in [9.17, 15) is 13.2 Å². The van der Waals surface area contributed by atoms with Gasteiger partial charge in [-0.15, -0.1) is 11.3 Å². The van der Waals surface area contributed by atoms with Gasteiger partial charge in [0, 0.05) is 29.1 Å². The maximum atomic E-state index is 12.0. The molecule has 0 spiro atoms. The number of nitrogens with zero attached hydrogens (tertiary/aromatic N) is 1. The summed E-state index contributed by atoms with van der Waals surface area (Å²) in [5, 5.41) is 4.98. The van der Waals surface area contributed by atoms with Crippen LogP contribution in [-0.4, -0.2) is 43.0 Å². The smallest absolute Gasteiger partial charge is 0.244 e. The van der Waals surface area contributed by atoms with Crippen LogP contribution in [0.4, 0.5) is 0 Å². The predicted molar refractivity (Wildman–Crippen MR) is 88.0 cm³/mol. The number of carbonyl (C=O) groups excluding carboxylic acids is 1. The Morgan fingerprint density at radius 1 is 1.36 bits per heavy atom. The maximum Gasteiger partial charge on any atom is 0.244 e. The van der Waals surface area contributed by atoms with Gasteiger partial charge in [-0.1, -0.05) is 6.07 Å². The Morgan fingerprint density at radius 3 is 2.59 bits per heavy atom. The zero-order chi connectivity index (χ0) is 15.7. The van der Waals surface area contributed by atoms with Crippen LogP contribution in [0.5, 0.6) is 0 Å². The number of piperidine rings is 1. The topological polar surface area (TPSA) is 66.5 Å². The molecule has 5 nitrogen and oxygen atoms in total. The Balaban J connectivity index is 1.59. The molecule has 1 N–H and O–H groups in total. The van der Waals surface area contributed by atoms with E-state index in [0.29, 0.717) is 12.8 Å². The Kier molecular flexibility index (Phi) is 4.38. The van der Waals surface area contributed by atoms with Gasteiger partial charge in [-0.25, -0.2) is 8.42 Å². The Bertz CT molecular complexity index is 653. The van der Waals surface area contributed by atoms with Crippen molar-refractivity contribution in [3.8, 4) is 0 Å². The van der Waals surface area contributed by atoms with Crippen molar-refractivity contribution in [3.05, 3.63) is 28.5 Å². The standard InChI is InChI=1S/C15H20N2O3S2/c1-22(19,20)17-12-4-5-13(17)10-11(9-12)16-15(18)7-6-14-3-2-8-21-14/h2-3,6-8,11-13H,4-5,9-10H2,1H3,(H,16,18)/b7-6+. The van der Waals surface area contributed by atoms with Crippen molar-refractivity contribution in [2.45, 2.75) is 43.8 Å². The summed E-state index contributed by atoms with van der Waals surface area (Å²) in [6.07, 6.45) is 7.85. The van der Waals surface area contributed by atoms with Gasteiger partial charge in [0.1, 0.15) is 0 Å². The zero-order valence-electron chi connectivity index (χ0n) is 12.4. The number of amides is 1. The van der Waals surface area contributed by atoms with E-state index in [1.807, 2.05) is 17.5 Å². The molecule has 0 radical (unpaired) electrons. The predicted octanol–water partition coefficient (Wildman–Crippen LogP) is 1.83. The molecule has 7 heteroatoms. The first-order chi connectivity index (χ1) is 10.4. The maximum absolute atomic E-state index is 12.0. The molecule has 3 heterocycles. The van der Waals surface area contributed by atoms with Gasteiger partial charge in [0.05, 0.1) is 6.26 Å². The molecule has 2 aliphatic heterocycles. The first kappa shape index (κ1) is 15.7. The molecular weight excluding hydrogens is 320 g/mol. The summed E-state index contributed by atoms with van der Waals surface area (Å²) in [7, 11) is -3.15. The highest BCUT2D eigenvalue weighted by atomic mass is 32.2. The molecule has 2 atom stereocenters. The molecule has 0 saturated carbocycles. The van der Waals surface area contributed by atoms with Crippen molar-refractivity contribution in [3.63, 3.8) is 0 Å². The van der Waals surface area contributed by atoms with Gasteiger partial charge in [-0.2, -0.15) is 4.31 Å². The minimum Gasteiger partial charge on any atom is -0.350 e. The minimum atomic E-state index is -3.15. The van der Waals surface area contributed by atoms with E-state index >= 15 is 0 Å².